The molecule has 1 unspecified atom stereocenters. The normalized spacial score (nSPS) is 16.8. The fourth-order valence-corrected chi connectivity index (χ4v) is 3.36. The quantitative estimate of drug-likeness (QED) is 0.902. The summed E-state index contributed by atoms with van der Waals surface area (Å²) in [4.78, 5) is 27.2. The Bertz CT molecular complexity index is 774. The fraction of sp³-hybridized carbons (Fsp3) is 0.375. The SMILES string of the molecule is COc1ccc(N2CC(c3nnc(NC(=O)N(C)C)s3)CC2=O)cc1. The van der Waals surface area contributed by atoms with Crippen LogP contribution in [0.15, 0.2) is 24.3 Å². The van der Waals surface area contributed by atoms with Gasteiger partial charge in [0, 0.05) is 38.7 Å². The first-order chi connectivity index (χ1) is 12.0. The topological polar surface area (TPSA) is 87.7 Å². The molecular weight excluding hydrogens is 342 g/mol. The molecule has 2 aromatic rings. The summed E-state index contributed by atoms with van der Waals surface area (Å²) in [5.41, 5.74) is 0.832. The summed E-state index contributed by atoms with van der Waals surface area (Å²) < 4.78 is 5.14. The van der Waals surface area contributed by atoms with Crippen molar-refractivity contribution in [1.82, 2.24) is 15.1 Å². The summed E-state index contributed by atoms with van der Waals surface area (Å²) in [6, 6.07) is 7.13. The van der Waals surface area contributed by atoms with E-state index in [0.717, 1.165) is 16.4 Å². The molecule has 1 aromatic heterocycles. The molecule has 0 saturated carbocycles. The average molecular weight is 361 g/mol. The van der Waals surface area contributed by atoms with Crippen LogP contribution in [0.3, 0.4) is 0 Å². The van der Waals surface area contributed by atoms with E-state index in [9.17, 15) is 9.59 Å². The maximum absolute atomic E-state index is 12.4. The number of carbonyl (C=O) groups is 2. The number of amides is 3. The van der Waals surface area contributed by atoms with Gasteiger partial charge in [-0.3, -0.25) is 10.1 Å². The van der Waals surface area contributed by atoms with Gasteiger partial charge in [-0.25, -0.2) is 4.79 Å². The molecule has 1 saturated heterocycles. The standard InChI is InChI=1S/C16H19N5O3S/c1-20(2)16(23)17-15-19-18-14(25-15)10-8-13(22)21(9-10)11-4-6-12(24-3)7-5-11/h4-7,10H,8-9H2,1-3H3,(H,17,19,23). The van der Waals surface area contributed by atoms with Gasteiger partial charge in [-0.2, -0.15) is 0 Å². The number of aromatic nitrogens is 2. The molecule has 0 aliphatic carbocycles. The third-order valence-corrected chi connectivity index (χ3v) is 4.92. The lowest BCUT2D eigenvalue weighted by molar-refractivity contribution is -0.117. The van der Waals surface area contributed by atoms with E-state index in [4.69, 9.17) is 4.74 Å². The number of benzene rings is 1. The predicted molar refractivity (Wildman–Crippen MR) is 95.3 cm³/mol. The summed E-state index contributed by atoms with van der Waals surface area (Å²) in [6.45, 7) is 0.543. The van der Waals surface area contributed by atoms with Crippen molar-refractivity contribution in [2.75, 3.05) is 38.0 Å². The van der Waals surface area contributed by atoms with Crippen molar-refractivity contribution in [3.63, 3.8) is 0 Å². The lowest BCUT2D eigenvalue weighted by Gasteiger charge is -2.16. The molecule has 1 N–H and O–H groups in total. The highest BCUT2D eigenvalue weighted by Gasteiger charge is 2.34. The van der Waals surface area contributed by atoms with Crippen LogP contribution in [-0.4, -0.2) is 54.8 Å². The minimum atomic E-state index is -0.259. The number of anilines is 2. The smallest absolute Gasteiger partial charge is 0.323 e. The van der Waals surface area contributed by atoms with Gasteiger partial charge in [0.2, 0.25) is 11.0 Å². The van der Waals surface area contributed by atoms with Crippen LogP contribution in [0.25, 0.3) is 0 Å². The Labute approximate surface area is 149 Å². The van der Waals surface area contributed by atoms with Gasteiger partial charge >= 0.3 is 6.03 Å². The van der Waals surface area contributed by atoms with Crippen molar-refractivity contribution in [3.05, 3.63) is 29.3 Å². The van der Waals surface area contributed by atoms with E-state index in [0.29, 0.717) is 18.1 Å². The minimum Gasteiger partial charge on any atom is -0.497 e. The monoisotopic (exact) mass is 361 g/mol. The van der Waals surface area contributed by atoms with Crippen LogP contribution in [0.5, 0.6) is 5.75 Å². The number of hydrogen-bond acceptors (Lipinski definition) is 6. The summed E-state index contributed by atoms with van der Waals surface area (Å²) in [7, 11) is 4.91. The number of rotatable bonds is 4. The van der Waals surface area contributed by atoms with Gasteiger partial charge < -0.3 is 14.5 Å². The van der Waals surface area contributed by atoms with Crippen LogP contribution < -0.4 is 15.0 Å². The highest BCUT2D eigenvalue weighted by molar-refractivity contribution is 7.15. The fourth-order valence-electron chi connectivity index (χ4n) is 2.54. The largest absolute Gasteiger partial charge is 0.497 e. The molecule has 3 amide bonds. The third-order valence-electron chi connectivity index (χ3n) is 3.92. The van der Waals surface area contributed by atoms with Gasteiger partial charge in [0.15, 0.2) is 0 Å². The Hall–Kier alpha value is -2.68. The molecule has 0 spiro atoms. The van der Waals surface area contributed by atoms with Crippen LogP contribution in [0.2, 0.25) is 0 Å². The zero-order chi connectivity index (χ0) is 18.0. The maximum Gasteiger partial charge on any atom is 0.323 e. The highest BCUT2D eigenvalue weighted by Crippen LogP contribution is 2.34. The number of nitrogens with zero attached hydrogens (tertiary/aromatic N) is 4. The molecule has 132 valence electrons. The van der Waals surface area contributed by atoms with Gasteiger partial charge in [0.25, 0.3) is 0 Å². The zero-order valence-electron chi connectivity index (χ0n) is 14.2. The Morgan fingerprint density at radius 3 is 2.68 bits per heavy atom. The first-order valence-corrected chi connectivity index (χ1v) is 8.55. The Morgan fingerprint density at radius 1 is 1.32 bits per heavy atom. The lowest BCUT2D eigenvalue weighted by Crippen LogP contribution is -2.27. The third kappa shape index (κ3) is 3.71. The van der Waals surface area contributed by atoms with Crippen LogP contribution in [-0.2, 0) is 4.79 Å². The number of nitrogens with one attached hydrogen (secondary N) is 1. The first kappa shape index (κ1) is 17.2. The van der Waals surface area contributed by atoms with Crippen LogP contribution in [0.1, 0.15) is 17.3 Å². The number of ether oxygens (including phenoxy) is 1. The Morgan fingerprint density at radius 2 is 2.04 bits per heavy atom. The molecule has 1 aliphatic heterocycles. The van der Waals surface area contributed by atoms with Crippen LogP contribution in [0, 0.1) is 0 Å². The van der Waals surface area contributed by atoms with Crippen molar-refractivity contribution >= 4 is 34.1 Å². The molecule has 25 heavy (non-hydrogen) atoms. The molecule has 3 rings (SSSR count). The summed E-state index contributed by atoms with van der Waals surface area (Å²) in [6.07, 6.45) is 0.377. The van der Waals surface area contributed by atoms with E-state index in [1.807, 2.05) is 24.3 Å². The summed E-state index contributed by atoms with van der Waals surface area (Å²) in [5.74, 6) is 0.763. The number of urea groups is 1. The van der Waals surface area contributed by atoms with E-state index >= 15 is 0 Å². The molecule has 8 nitrogen and oxygen atoms in total. The Balaban J connectivity index is 1.70. The lowest BCUT2D eigenvalue weighted by atomic mass is 10.1. The first-order valence-electron chi connectivity index (χ1n) is 7.74. The second kappa shape index (κ2) is 7.06. The number of carbonyl (C=O) groups excluding carboxylic acids is 2. The molecule has 0 radical (unpaired) electrons. The Kier molecular flexibility index (Phi) is 4.84. The van der Waals surface area contributed by atoms with Gasteiger partial charge in [0.1, 0.15) is 10.8 Å². The highest BCUT2D eigenvalue weighted by atomic mass is 32.1. The minimum absolute atomic E-state index is 0.0305. The molecular formula is C16H19N5O3S. The van der Waals surface area contributed by atoms with Crippen molar-refractivity contribution in [1.29, 1.82) is 0 Å². The van der Waals surface area contributed by atoms with Crippen LogP contribution in [0.4, 0.5) is 15.6 Å². The molecule has 1 atom stereocenters. The average Bonchev–Trinajstić information content (AvgIpc) is 3.21. The van der Waals surface area contributed by atoms with Crippen molar-refractivity contribution in [2.24, 2.45) is 0 Å². The van der Waals surface area contributed by atoms with E-state index in [1.165, 1.54) is 16.2 Å². The van der Waals surface area contributed by atoms with Crippen molar-refractivity contribution in [2.45, 2.75) is 12.3 Å². The number of methoxy groups -OCH3 is 1. The van der Waals surface area contributed by atoms with Gasteiger partial charge in [-0.05, 0) is 24.3 Å². The molecule has 9 heteroatoms. The van der Waals surface area contributed by atoms with E-state index in [-0.39, 0.29) is 17.9 Å². The molecule has 1 aromatic carbocycles. The predicted octanol–water partition coefficient (Wildman–Crippen LogP) is 2.16. The number of hydrogen-bond donors (Lipinski definition) is 1. The molecule has 0 bridgehead atoms. The van der Waals surface area contributed by atoms with E-state index in [2.05, 4.69) is 15.5 Å². The van der Waals surface area contributed by atoms with Crippen LogP contribution >= 0.6 is 11.3 Å². The maximum atomic E-state index is 12.4. The van der Waals surface area contributed by atoms with Gasteiger partial charge in [-0.1, -0.05) is 11.3 Å². The van der Waals surface area contributed by atoms with Crippen molar-refractivity contribution < 1.29 is 14.3 Å². The summed E-state index contributed by atoms with van der Waals surface area (Å²) >= 11 is 1.30. The van der Waals surface area contributed by atoms with E-state index in [1.54, 1.807) is 26.1 Å². The summed E-state index contributed by atoms with van der Waals surface area (Å²) in [5, 5.41) is 12.0. The second-order valence-corrected chi connectivity index (χ2v) is 6.88. The molecule has 2 heterocycles. The zero-order valence-corrected chi connectivity index (χ0v) is 15.0. The molecule has 1 fully saturated rings. The van der Waals surface area contributed by atoms with E-state index < -0.39 is 0 Å². The van der Waals surface area contributed by atoms with Crippen molar-refractivity contribution in [3.8, 4) is 5.75 Å². The van der Waals surface area contributed by atoms with Gasteiger partial charge in [-0.15, -0.1) is 10.2 Å². The van der Waals surface area contributed by atoms with Gasteiger partial charge in [0.05, 0.1) is 7.11 Å². The molecule has 1 aliphatic rings. The second-order valence-electron chi connectivity index (χ2n) is 5.87.